The molecule has 274 valence electrons. The summed E-state index contributed by atoms with van der Waals surface area (Å²) < 4.78 is 2.29. The summed E-state index contributed by atoms with van der Waals surface area (Å²) in [5.41, 5.74) is 15.1. The van der Waals surface area contributed by atoms with Gasteiger partial charge in [-0.1, -0.05) is 166 Å². The first-order valence-electron chi connectivity index (χ1n) is 19.7. The topological polar surface area (TPSA) is 56.5 Å². The maximum atomic E-state index is 5.34. The van der Waals surface area contributed by atoms with Crippen molar-refractivity contribution in [1.29, 1.82) is 0 Å². The first-order valence-corrected chi connectivity index (χ1v) is 19.7. The van der Waals surface area contributed by atoms with Gasteiger partial charge in [-0.05, 0) is 74.8 Å². The van der Waals surface area contributed by atoms with E-state index in [1.165, 1.54) is 27.6 Å². The Kier molecular flexibility index (Phi) is 7.76. The van der Waals surface area contributed by atoms with Crippen molar-refractivity contribution >= 4 is 21.9 Å². The van der Waals surface area contributed by atoms with Gasteiger partial charge in [0.2, 0.25) is 0 Å². The molecule has 58 heavy (non-hydrogen) atoms. The standard InChI is InChI=1S/C53H37N5/c1-53(2)45-24-13-22-44(48(45)43-31-30-38(33-46(43)53)58-47-25-12-11-20-40(47)42-23-14-32-54-52(42)58)51-56-49(37-28-26-35(27-29-37)34-15-5-3-6-16-34)55-50(57-51)41-21-10-9-19-39(41)36-17-7-4-8-18-36/h3-33H,1-2H3. The SMILES string of the molecule is CC1(C)c2cc(-n3c4ccccc4c4cccnc43)ccc2-c2c(-c3nc(-c4ccc(-c5ccccc5)cc4)nc(-c4ccccc4-c4ccccc4)n3)cccc21. The number of para-hydroxylation sites is 1. The third kappa shape index (κ3) is 5.39. The van der Waals surface area contributed by atoms with Crippen LogP contribution in [0.5, 0.6) is 0 Å². The second-order valence-electron chi connectivity index (χ2n) is 15.5. The number of pyridine rings is 1. The van der Waals surface area contributed by atoms with Crippen LogP contribution in [0.3, 0.4) is 0 Å². The Balaban J connectivity index is 1.10. The van der Waals surface area contributed by atoms with Crippen molar-refractivity contribution in [2.75, 3.05) is 0 Å². The third-order valence-electron chi connectivity index (χ3n) is 11.8. The Labute approximate surface area is 337 Å². The molecule has 3 heterocycles. The second-order valence-corrected chi connectivity index (χ2v) is 15.5. The third-order valence-corrected chi connectivity index (χ3v) is 11.8. The zero-order valence-corrected chi connectivity index (χ0v) is 32.1. The number of fused-ring (bicyclic) bond motifs is 6. The first-order chi connectivity index (χ1) is 28.5. The Bertz CT molecular complexity index is 3130. The predicted molar refractivity (Wildman–Crippen MR) is 237 cm³/mol. The normalized spacial score (nSPS) is 12.8. The second kappa shape index (κ2) is 13.3. The molecule has 10 aromatic rings. The number of rotatable bonds is 6. The molecular formula is C53H37N5. The number of hydrogen-bond donors (Lipinski definition) is 0. The molecule has 1 aliphatic carbocycles. The van der Waals surface area contributed by atoms with E-state index in [1.54, 1.807) is 0 Å². The summed E-state index contributed by atoms with van der Waals surface area (Å²) in [6.45, 7) is 4.65. The molecule has 0 radical (unpaired) electrons. The molecule has 5 heteroatoms. The van der Waals surface area contributed by atoms with Crippen molar-refractivity contribution in [2.24, 2.45) is 0 Å². The lowest BCUT2D eigenvalue weighted by Gasteiger charge is -2.22. The average Bonchev–Trinajstić information content (AvgIpc) is 3.75. The van der Waals surface area contributed by atoms with Gasteiger partial charge in [0, 0.05) is 44.8 Å². The van der Waals surface area contributed by atoms with E-state index in [2.05, 4.69) is 182 Å². The Morgan fingerprint density at radius 2 is 1.02 bits per heavy atom. The fraction of sp³-hybridized carbons (Fsp3) is 0.0566. The molecule has 0 N–H and O–H groups in total. The van der Waals surface area contributed by atoms with Crippen molar-refractivity contribution in [3.05, 3.63) is 199 Å². The highest BCUT2D eigenvalue weighted by molar-refractivity contribution is 6.08. The summed E-state index contributed by atoms with van der Waals surface area (Å²) in [4.78, 5) is 20.7. The number of hydrogen-bond acceptors (Lipinski definition) is 4. The lowest BCUT2D eigenvalue weighted by Crippen LogP contribution is -2.15. The molecule has 0 bridgehead atoms. The lowest BCUT2D eigenvalue weighted by molar-refractivity contribution is 0.660. The molecular weight excluding hydrogens is 707 g/mol. The number of aromatic nitrogens is 5. The van der Waals surface area contributed by atoms with Gasteiger partial charge in [-0.2, -0.15) is 0 Å². The van der Waals surface area contributed by atoms with Crippen LogP contribution in [0.2, 0.25) is 0 Å². The summed E-state index contributed by atoms with van der Waals surface area (Å²) in [6, 6.07) is 64.0. The summed E-state index contributed by atoms with van der Waals surface area (Å²) in [5, 5.41) is 2.34. The molecule has 0 atom stereocenters. The smallest absolute Gasteiger partial charge is 0.164 e. The minimum atomic E-state index is -0.283. The van der Waals surface area contributed by atoms with Gasteiger partial charge in [0.15, 0.2) is 17.5 Å². The Morgan fingerprint density at radius 1 is 0.414 bits per heavy atom. The maximum Gasteiger partial charge on any atom is 0.164 e. The van der Waals surface area contributed by atoms with Crippen molar-refractivity contribution in [2.45, 2.75) is 19.3 Å². The molecule has 11 rings (SSSR count). The van der Waals surface area contributed by atoms with Crippen LogP contribution in [0.15, 0.2) is 188 Å². The molecule has 0 fully saturated rings. The number of benzene rings is 7. The minimum Gasteiger partial charge on any atom is -0.294 e. The van der Waals surface area contributed by atoms with Crippen LogP contribution in [0, 0.1) is 0 Å². The van der Waals surface area contributed by atoms with E-state index in [0.717, 1.165) is 61.2 Å². The highest BCUT2D eigenvalue weighted by atomic mass is 15.0. The Morgan fingerprint density at radius 3 is 1.81 bits per heavy atom. The molecule has 7 aromatic carbocycles. The minimum absolute atomic E-state index is 0.283. The number of nitrogens with zero attached hydrogens (tertiary/aromatic N) is 5. The monoisotopic (exact) mass is 743 g/mol. The fourth-order valence-electron chi connectivity index (χ4n) is 8.89. The van der Waals surface area contributed by atoms with Crippen molar-refractivity contribution in [1.82, 2.24) is 24.5 Å². The highest BCUT2D eigenvalue weighted by Crippen LogP contribution is 2.52. The van der Waals surface area contributed by atoms with Crippen molar-refractivity contribution in [3.8, 4) is 73.2 Å². The van der Waals surface area contributed by atoms with Crippen LogP contribution in [0.25, 0.3) is 95.2 Å². The molecule has 0 unspecified atom stereocenters. The zero-order chi connectivity index (χ0) is 38.8. The predicted octanol–water partition coefficient (Wildman–Crippen LogP) is 13.0. The van der Waals surface area contributed by atoms with Crippen LogP contribution in [-0.4, -0.2) is 24.5 Å². The summed E-state index contributed by atoms with van der Waals surface area (Å²) in [6.07, 6.45) is 1.88. The van der Waals surface area contributed by atoms with Crippen LogP contribution in [0.4, 0.5) is 0 Å². The molecule has 3 aromatic heterocycles. The molecule has 0 amide bonds. The van der Waals surface area contributed by atoms with E-state index >= 15 is 0 Å². The largest absolute Gasteiger partial charge is 0.294 e. The van der Waals surface area contributed by atoms with Crippen molar-refractivity contribution < 1.29 is 0 Å². The van der Waals surface area contributed by atoms with E-state index in [9.17, 15) is 0 Å². The van der Waals surface area contributed by atoms with Gasteiger partial charge < -0.3 is 0 Å². The van der Waals surface area contributed by atoms with Crippen LogP contribution in [-0.2, 0) is 5.41 Å². The van der Waals surface area contributed by atoms with E-state index < -0.39 is 0 Å². The molecule has 0 saturated carbocycles. The van der Waals surface area contributed by atoms with Crippen LogP contribution >= 0.6 is 0 Å². The van der Waals surface area contributed by atoms with Gasteiger partial charge in [-0.3, -0.25) is 4.57 Å². The highest BCUT2D eigenvalue weighted by Gasteiger charge is 2.38. The summed E-state index contributed by atoms with van der Waals surface area (Å²) >= 11 is 0. The van der Waals surface area contributed by atoms with Gasteiger partial charge in [-0.15, -0.1) is 0 Å². The van der Waals surface area contributed by atoms with E-state index in [1.807, 2.05) is 24.4 Å². The summed E-state index contributed by atoms with van der Waals surface area (Å²) in [7, 11) is 0. The molecule has 5 nitrogen and oxygen atoms in total. The Hall–Kier alpha value is -7.50. The van der Waals surface area contributed by atoms with Gasteiger partial charge in [0.05, 0.1) is 5.52 Å². The maximum absolute atomic E-state index is 5.34. The lowest BCUT2D eigenvalue weighted by atomic mass is 9.82. The fourth-order valence-corrected chi connectivity index (χ4v) is 8.89. The average molecular weight is 744 g/mol. The van der Waals surface area contributed by atoms with E-state index in [4.69, 9.17) is 19.9 Å². The van der Waals surface area contributed by atoms with Gasteiger partial charge in [0.25, 0.3) is 0 Å². The van der Waals surface area contributed by atoms with Gasteiger partial charge in [0.1, 0.15) is 5.65 Å². The van der Waals surface area contributed by atoms with Gasteiger partial charge in [-0.25, -0.2) is 19.9 Å². The van der Waals surface area contributed by atoms with Crippen LogP contribution < -0.4 is 0 Å². The van der Waals surface area contributed by atoms with Crippen molar-refractivity contribution in [3.63, 3.8) is 0 Å². The zero-order valence-electron chi connectivity index (χ0n) is 32.1. The first kappa shape index (κ1) is 33.8. The molecule has 0 spiro atoms. The molecule has 1 aliphatic rings. The molecule has 0 aliphatic heterocycles. The summed E-state index contributed by atoms with van der Waals surface area (Å²) in [5.74, 6) is 1.91. The van der Waals surface area contributed by atoms with E-state index in [-0.39, 0.29) is 5.41 Å². The van der Waals surface area contributed by atoms with E-state index in [0.29, 0.717) is 17.5 Å². The van der Waals surface area contributed by atoms with Gasteiger partial charge >= 0.3 is 0 Å². The molecule has 0 saturated heterocycles. The van der Waals surface area contributed by atoms with Crippen LogP contribution in [0.1, 0.15) is 25.0 Å². The quantitative estimate of drug-likeness (QED) is 0.170.